The number of nitrogens with zero attached hydrogens (tertiary/aromatic N) is 2. The minimum absolute atomic E-state index is 1.000. The molecule has 0 amide bonds. The van der Waals surface area contributed by atoms with Crippen molar-refractivity contribution in [1.29, 1.82) is 0 Å². The van der Waals surface area contributed by atoms with Crippen LogP contribution >= 0.6 is 0 Å². The van der Waals surface area contributed by atoms with Gasteiger partial charge in [-0.15, -0.1) is 0 Å². The van der Waals surface area contributed by atoms with Crippen LogP contribution in [0.4, 0.5) is 17.1 Å². The molecule has 11 aromatic carbocycles. The molecule has 1 aliphatic carbocycles. The van der Waals surface area contributed by atoms with E-state index < -0.39 is 0 Å². The van der Waals surface area contributed by atoms with Gasteiger partial charge in [-0.3, -0.25) is 0 Å². The molecule has 0 atom stereocenters. The second kappa shape index (κ2) is 16.6. The van der Waals surface area contributed by atoms with Crippen molar-refractivity contribution in [3.8, 4) is 50.2 Å². The molecule has 0 saturated carbocycles. The van der Waals surface area contributed by atoms with Gasteiger partial charge in [-0.25, -0.2) is 0 Å². The zero-order valence-corrected chi connectivity index (χ0v) is 37.6. The molecule has 1 heterocycles. The van der Waals surface area contributed by atoms with Crippen LogP contribution in [-0.2, 0) is 6.42 Å². The maximum atomic E-state index is 2.54. The number of rotatable bonds is 8. The molecule has 0 aliphatic heterocycles. The Morgan fingerprint density at radius 1 is 0.368 bits per heavy atom. The molecular weight excluding hydrogens is 821 g/mol. The average molecular weight is 867 g/mol. The van der Waals surface area contributed by atoms with Gasteiger partial charge in [-0.05, 0) is 133 Å². The fraction of sp³-hybridized carbons (Fsp3) is 0.0303. The van der Waals surface area contributed by atoms with Gasteiger partial charge in [-0.2, -0.15) is 0 Å². The van der Waals surface area contributed by atoms with Gasteiger partial charge in [0, 0.05) is 39.3 Å². The Hall–Kier alpha value is -8.72. The molecule has 0 unspecified atom stereocenters. The van der Waals surface area contributed by atoms with Crippen LogP contribution in [-0.4, -0.2) is 4.57 Å². The summed E-state index contributed by atoms with van der Waals surface area (Å²) in [5.41, 5.74) is 18.0. The number of aromatic nitrogens is 1. The van der Waals surface area contributed by atoms with Gasteiger partial charge in [0.25, 0.3) is 0 Å². The lowest BCUT2D eigenvalue weighted by molar-refractivity contribution is 0.889. The summed E-state index contributed by atoms with van der Waals surface area (Å²) < 4.78 is 2.54. The molecule has 2 nitrogen and oxygen atoms in total. The van der Waals surface area contributed by atoms with Crippen molar-refractivity contribution >= 4 is 66.4 Å². The molecule has 0 N–H and O–H groups in total. The fourth-order valence-corrected chi connectivity index (χ4v) is 10.9. The van der Waals surface area contributed by atoms with Crippen molar-refractivity contribution in [2.75, 3.05) is 4.90 Å². The van der Waals surface area contributed by atoms with E-state index in [0.29, 0.717) is 0 Å². The molecule has 13 rings (SSSR count). The van der Waals surface area contributed by atoms with Crippen LogP contribution in [0.1, 0.15) is 17.7 Å². The van der Waals surface area contributed by atoms with Crippen molar-refractivity contribution in [2.45, 2.75) is 12.8 Å². The lowest BCUT2D eigenvalue weighted by Crippen LogP contribution is -2.10. The first-order chi connectivity index (χ1) is 33.7. The lowest BCUT2D eigenvalue weighted by Gasteiger charge is -2.27. The van der Waals surface area contributed by atoms with Crippen LogP contribution in [0.3, 0.4) is 0 Å². The summed E-state index contributed by atoms with van der Waals surface area (Å²) in [4.78, 5) is 2.43. The average Bonchev–Trinajstić information content (AvgIpc) is 3.76. The Bertz CT molecular complexity index is 3900. The van der Waals surface area contributed by atoms with E-state index in [9.17, 15) is 0 Å². The van der Waals surface area contributed by atoms with Crippen LogP contribution in [0.2, 0.25) is 0 Å². The molecule has 0 bridgehead atoms. The monoisotopic (exact) mass is 866 g/mol. The second-order valence-electron chi connectivity index (χ2n) is 17.9. The molecule has 0 fully saturated rings. The van der Waals surface area contributed by atoms with Crippen LogP contribution in [0.5, 0.6) is 0 Å². The predicted octanol–water partition coefficient (Wildman–Crippen LogP) is 18.2. The van der Waals surface area contributed by atoms with Crippen molar-refractivity contribution < 1.29 is 0 Å². The smallest absolute Gasteiger partial charge is 0.0544 e. The van der Waals surface area contributed by atoms with Crippen LogP contribution < -0.4 is 4.90 Å². The van der Waals surface area contributed by atoms with Gasteiger partial charge >= 0.3 is 0 Å². The maximum Gasteiger partial charge on any atom is 0.0544 e. The minimum atomic E-state index is 1.000. The Kier molecular flexibility index (Phi) is 9.68. The van der Waals surface area contributed by atoms with Crippen LogP contribution in [0.25, 0.3) is 99.5 Å². The Morgan fingerprint density at radius 2 is 0.941 bits per heavy atom. The number of allylic oxidation sites excluding steroid dienone is 1. The standard InChI is InChI=1S/C66H46N2/c1-2-17-46(18-3-1)60-41-37-47-20-5-8-29-58(47)65(60)51-24-15-26-54(44-51)67(53-25-14-23-50(43-53)56-32-16-22-45-19-4-7-27-55(45)56)52-39-35-49(36-40-52)57-28-10-12-33-62(57)68-63-34-13-11-31-61(63)66-59-30-9-6-21-48(59)38-42-64(66)68/h1-12,14-33,35-44H,13,34H2. The molecule has 0 saturated heterocycles. The van der Waals surface area contributed by atoms with Crippen molar-refractivity contribution in [1.82, 2.24) is 4.57 Å². The van der Waals surface area contributed by atoms with Crippen LogP contribution in [0.15, 0.2) is 249 Å². The third-order valence-corrected chi connectivity index (χ3v) is 14.0. The van der Waals surface area contributed by atoms with Gasteiger partial charge in [0.15, 0.2) is 0 Å². The van der Waals surface area contributed by atoms with Crippen molar-refractivity contribution in [3.05, 3.63) is 260 Å². The summed E-state index contributed by atoms with van der Waals surface area (Å²) in [7, 11) is 0. The first-order valence-electron chi connectivity index (χ1n) is 23.7. The first kappa shape index (κ1) is 39.6. The number of anilines is 3. The predicted molar refractivity (Wildman–Crippen MR) is 290 cm³/mol. The number of fused-ring (bicyclic) bond motifs is 7. The molecule has 1 aromatic heterocycles. The number of hydrogen-bond acceptors (Lipinski definition) is 1. The number of benzene rings is 11. The molecule has 2 heteroatoms. The summed E-state index contributed by atoms with van der Waals surface area (Å²) >= 11 is 0. The van der Waals surface area contributed by atoms with Crippen molar-refractivity contribution in [3.63, 3.8) is 0 Å². The molecule has 0 radical (unpaired) electrons. The van der Waals surface area contributed by atoms with Crippen molar-refractivity contribution in [2.24, 2.45) is 0 Å². The Balaban J connectivity index is 0.975. The Labute approximate surface area is 397 Å². The van der Waals surface area contributed by atoms with E-state index in [2.05, 4.69) is 264 Å². The maximum absolute atomic E-state index is 2.54. The molecule has 12 aromatic rings. The van der Waals surface area contributed by atoms with E-state index >= 15 is 0 Å². The lowest BCUT2D eigenvalue weighted by atomic mass is 9.89. The van der Waals surface area contributed by atoms with Gasteiger partial charge in [-0.1, -0.05) is 206 Å². The highest BCUT2D eigenvalue weighted by Gasteiger charge is 2.23. The summed E-state index contributed by atoms with van der Waals surface area (Å²) in [5, 5.41) is 8.85. The topological polar surface area (TPSA) is 8.17 Å². The molecule has 0 spiro atoms. The number of hydrogen-bond donors (Lipinski definition) is 0. The molecule has 320 valence electrons. The SMILES string of the molecule is C1=Cc2c(n(-c3ccccc3-c3ccc(N(c4cccc(-c5cccc6ccccc56)c4)c4cccc(-c5c(-c6ccccc6)ccc6ccccc56)c4)cc3)c3ccc4ccccc4c23)CC1. The van der Waals surface area contributed by atoms with Gasteiger partial charge < -0.3 is 9.47 Å². The van der Waals surface area contributed by atoms with Gasteiger partial charge in [0.1, 0.15) is 0 Å². The van der Waals surface area contributed by atoms with E-state index in [0.717, 1.165) is 29.9 Å². The summed E-state index contributed by atoms with van der Waals surface area (Å²) in [6.45, 7) is 0. The fourth-order valence-electron chi connectivity index (χ4n) is 10.9. The van der Waals surface area contributed by atoms with E-state index in [-0.39, 0.29) is 0 Å². The van der Waals surface area contributed by atoms with Crippen LogP contribution in [0, 0.1) is 0 Å². The first-order valence-corrected chi connectivity index (χ1v) is 23.7. The highest BCUT2D eigenvalue weighted by Crippen LogP contribution is 2.45. The largest absolute Gasteiger partial charge is 0.312 e. The van der Waals surface area contributed by atoms with E-state index in [1.807, 2.05) is 0 Å². The summed E-state index contributed by atoms with van der Waals surface area (Å²) in [6.07, 6.45) is 6.72. The third kappa shape index (κ3) is 6.72. The zero-order chi connectivity index (χ0) is 45.0. The normalized spacial score (nSPS) is 12.2. The van der Waals surface area contributed by atoms with Gasteiger partial charge in [0.2, 0.25) is 0 Å². The van der Waals surface area contributed by atoms with Gasteiger partial charge in [0.05, 0.1) is 11.2 Å². The Morgan fingerprint density at radius 3 is 1.75 bits per heavy atom. The highest BCUT2D eigenvalue weighted by atomic mass is 15.1. The minimum Gasteiger partial charge on any atom is -0.312 e. The van der Waals surface area contributed by atoms with E-state index in [4.69, 9.17) is 0 Å². The number of para-hydroxylation sites is 1. The molecule has 1 aliphatic rings. The van der Waals surface area contributed by atoms with E-state index in [1.54, 1.807) is 0 Å². The van der Waals surface area contributed by atoms with E-state index in [1.165, 1.54) is 105 Å². The molecule has 68 heavy (non-hydrogen) atoms. The zero-order valence-electron chi connectivity index (χ0n) is 37.6. The third-order valence-electron chi connectivity index (χ3n) is 14.0. The second-order valence-corrected chi connectivity index (χ2v) is 17.9. The highest BCUT2D eigenvalue weighted by molar-refractivity contribution is 6.12. The summed E-state index contributed by atoms with van der Waals surface area (Å²) in [6, 6.07) is 89.1. The molecular formula is C66H46N2. The quantitative estimate of drug-likeness (QED) is 0.148. The summed E-state index contributed by atoms with van der Waals surface area (Å²) in [5.74, 6) is 0.